The van der Waals surface area contributed by atoms with Crippen LogP contribution in [-0.4, -0.2) is 33.4 Å². The number of aliphatic hydroxyl groups excluding tert-OH is 1. The van der Waals surface area contributed by atoms with Gasteiger partial charge in [0.05, 0.1) is 17.9 Å². The van der Waals surface area contributed by atoms with E-state index >= 15 is 0 Å². The number of nitrogens with zero attached hydrogens (tertiary/aromatic N) is 2. The van der Waals surface area contributed by atoms with Crippen LogP contribution in [0.15, 0.2) is 6.20 Å². The van der Waals surface area contributed by atoms with Gasteiger partial charge in [-0.1, -0.05) is 13.8 Å². The Hall–Kier alpha value is -1.36. The Morgan fingerprint density at radius 2 is 2.25 bits per heavy atom. The normalized spacial score (nSPS) is 12.9. The maximum atomic E-state index is 11.7. The summed E-state index contributed by atoms with van der Waals surface area (Å²) in [7, 11) is 1.79. The van der Waals surface area contributed by atoms with Crippen LogP contribution >= 0.6 is 0 Å². The molecule has 0 aliphatic carbocycles. The highest BCUT2D eigenvalue weighted by atomic mass is 16.3. The molecule has 0 aliphatic rings. The Morgan fingerprint density at radius 3 is 2.69 bits per heavy atom. The summed E-state index contributed by atoms with van der Waals surface area (Å²) in [6.45, 7) is 5.92. The fraction of sp³-hybridized carbons (Fsp3) is 0.636. The van der Waals surface area contributed by atoms with Crippen LogP contribution < -0.4 is 5.32 Å². The summed E-state index contributed by atoms with van der Waals surface area (Å²) in [6.07, 6.45) is 1.02. The van der Waals surface area contributed by atoms with Crippen molar-refractivity contribution in [3.63, 3.8) is 0 Å². The van der Waals surface area contributed by atoms with Gasteiger partial charge in [-0.15, -0.1) is 0 Å². The Kier molecular flexibility index (Phi) is 4.06. The lowest BCUT2D eigenvalue weighted by molar-refractivity contribution is 0.0871. The quantitative estimate of drug-likeness (QED) is 0.783. The molecule has 1 amide bonds. The van der Waals surface area contributed by atoms with E-state index in [9.17, 15) is 9.90 Å². The largest absolute Gasteiger partial charge is 0.391 e. The van der Waals surface area contributed by atoms with Gasteiger partial charge in [0.2, 0.25) is 0 Å². The molecule has 1 rings (SSSR count). The highest BCUT2D eigenvalue weighted by molar-refractivity contribution is 5.95. The van der Waals surface area contributed by atoms with Crippen LogP contribution in [0.4, 0.5) is 0 Å². The molecule has 2 N–H and O–H groups in total. The van der Waals surface area contributed by atoms with Crippen molar-refractivity contribution >= 4 is 5.91 Å². The van der Waals surface area contributed by atoms with Crippen molar-refractivity contribution in [2.24, 2.45) is 13.0 Å². The smallest absolute Gasteiger partial charge is 0.254 e. The molecule has 90 valence electrons. The fourth-order valence-corrected chi connectivity index (χ4v) is 1.25. The fourth-order valence-electron chi connectivity index (χ4n) is 1.25. The number of aryl methyl sites for hydroxylation is 1. The van der Waals surface area contributed by atoms with Crippen molar-refractivity contribution in [3.05, 3.63) is 17.5 Å². The van der Waals surface area contributed by atoms with Crippen molar-refractivity contribution in [2.45, 2.75) is 26.9 Å². The minimum absolute atomic E-state index is 0.135. The SMILES string of the molecule is Cc1c(C(=O)NCC(O)C(C)C)cnn1C. The van der Waals surface area contributed by atoms with E-state index in [0.29, 0.717) is 5.56 Å². The van der Waals surface area contributed by atoms with E-state index in [0.717, 1.165) is 5.69 Å². The number of hydrogen-bond acceptors (Lipinski definition) is 3. The summed E-state index contributed by atoms with van der Waals surface area (Å²) >= 11 is 0. The lowest BCUT2D eigenvalue weighted by Crippen LogP contribution is -2.34. The van der Waals surface area contributed by atoms with Crippen molar-refractivity contribution in [3.8, 4) is 0 Å². The zero-order valence-corrected chi connectivity index (χ0v) is 10.2. The summed E-state index contributed by atoms with van der Waals surface area (Å²) in [5.41, 5.74) is 1.37. The van der Waals surface area contributed by atoms with Gasteiger partial charge in [-0.05, 0) is 12.8 Å². The maximum Gasteiger partial charge on any atom is 0.254 e. The molecular weight excluding hydrogens is 206 g/mol. The van der Waals surface area contributed by atoms with Crippen molar-refractivity contribution in [2.75, 3.05) is 6.54 Å². The maximum absolute atomic E-state index is 11.7. The van der Waals surface area contributed by atoms with Crippen molar-refractivity contribution in [1.82, 2.24) is 15.1 Å². The third-order valence-electron chi connectivity index (χ3n) is 2.72. The Labute approximate surface area is 95.5 Å². The molecular formula is C11H19N3O2. The van der Waals surface area contributed by atoms with E-state index in [1.165, 1.54) is 6.20 Å². The molecule has 1 atom stereocenters. The summed E-state index contributed by atoms with van der Waals surface area (Å²) in [5, 5.41) is 16.2. The molecule has 0 aromatic carbocycles. The van der Waals surface area contributed by atoms with Gasteiger partial charge in [0, 0.05) is 19.3 Å². The van der Waals surface area contributed by atoms with E-state index in [-0.39, 0.29) is 18.4 Å². The predicted octanol–water partition coefficient (Wildman–Crippen LogP) is 0.475. The first-order valence-corrected chi connectivity index (χ1v) is 5.38. The Morgan fingerprint density at radius 1 is 1.62 bits per heavy atom. The standard InChI is InChI=1S/C11H19N3O2/c1-7(2)10(15)6-12-11(16)9-5-13-14(4)8(9)3/h5,7,10,15H,6H2,1-4H3,(H,12,16). The van der Waals surface area contributed by atoms with Crippen LogP contribution in [0.25, 0.3) is 0 Å². The van der Waals surface area contributed by atoms with E-state index in [4.69, 9.17) is 0 Å². The number of aliphatic hydroxyl groups is 1. The van der Waals surface area contributed by atoms with Gasteiger partial charge in [-0.25, -0.2) is 0 Å². The molecule has 0 saturated heterocycles. The Bertz CT molecular complexity index is 371. The molecule has 5 heteroatoms. The summed E-state index contributed by atoms with van der Waals surface area (Å²) in [6, 6.07) is 0. The van der Waals surface area contributed by atoms with Gasteiger partial charge in [-0.3, -0.25) is 9.48 Å². The van der Waals surface area contributed by atoms with Crippen LogP contribution in [0.3, 0.4) is 0 Å². The third kappa shape index (κ3) is 2.82. The average Bonchev–Trinajstić information content (AvgIpc) is 2.55. The summed E-state index contributed by atoms with van der Waals surface area (Å²) < 4.78 is 1.65. The number of amides is 1. The topological polar surface area (TPSA) is 67.2 Å². The van der Waals surface area contributed by atoms with E-state index in [2.05, 4.69) is 10.4 Å². The van der Waals surface area contributed by atoms with Gasteiger partial charge in [-0.2, -0.15) is 5.10 Å². The van der Waals surface area contributed by atoms with Gasteiger partial charge in [0.25, 0.3) is 5.91 Å². The number of hydrogen-bond donors (Lipinski definition) is 2. The number of aromatic nitrogens is 2. The molecule has 16 heavy (non-hydrogen) atoms. The summed E-state index contributed by atoms with van der Waals surface area (Å²) in [5.74, 6) is -0.0550. The minimum atomic E-state index is -0.513. The molecule has 5 nitrogen and oxygen atoms in total. The number of carbonyl (C=O) groups is 1. The van der Waals surface area contributed by atoms with E-state index in [1.54, 1.807) is 11.7 Å². The highest BCUT2D eigenvalue weighted by Crippen LogP contribution is 2.05. The molecule has 1 aromatic heterocycles. The molecule has 0 saturated carbocycles. The molecule has 1 aromatic rings. The first-order valence-electron chi connectivity index (χ1n) is 5.38. The first kappa shape index (κ1) is 12.7. The predicted molar refractivity (Wildman–Crippen MR) is 61.1 cm³/mol. The van der Waals surface area contributed by atoms with E-state index < -0.39 is 6.10 Å². The number of rotatable bonds is 4. The van der Waals surface area contributed by atoms with Crippen molar-refractivity contribution < 1.29 is 9.90 Å². The molecule has 1 heterocycles. The van der Waals surface area contributed by atoms with Crippen molar-refractivity contribution in [1.29, 1.82) is 0 Å². The van der Waals surface area contributed by atoms with Crippen LogP contribution in [-0.2, 0) is 7.05 Å². The second-order valence-electron chi connectivity index (χ2n) is 4.29. The molecule has 0 spiro atoms. The minimum Gasteiger partial charge on any atom is -0.391 e. The zero-order chi connectivity index (χ0) is 12.3. The second kappa shape index (κ2) is 5.12. The highest BCUT2D eigenvalue weighted by Gasteiger charge is 2.15. The molecule has 0 fully saturated rings. The van der Waals surface area contributed by atoms with Gasteiger partial charge in [0.15, 0.2) is 0 Å². The second-order valence-corrected chi connectivity index (χ2v) is 4.29. The van der Waals surface area contributed by atoms with Gasteiger partial charge >= 0.3 is 0 Å². The zero-order valence-electron chi connectivity index (χ0n) is 10.2. The van der Waals surface area contributed by atoms with Crippen LogP contribution in [0.2, 0.25) is 0 Å². The van der Waals surface area contributed by atoms with E-state index in [1.807, 2.05) is 20.8 Å². The molecule has 0 aliphatic heterocycles. The summed E-state index contributed by atoms with van der Waals surface area (Å²) in [4.78, 5) is 11.7. The monoisotopic (exact) mass is 225 g/mol. The van der Waals surface area contributed by atoms with Crippen LogP contribution in [0.1, 0.15) is 29.9 Å². The molecule has 1 unspecified atom stereocenters. The number of carbonyl (C=O) groups excluding carboxylic acids is 1. The van der Waals surface area contributed by atoms with Gasteiger partial charge in [0.1, 0.15) is 0 Å². The van der Waals surface area contributed by atoms with Crippen LogP contribution in [0, 0.1) is 12.8 Å². The third-order valence-corrected chi connectivity index (χ3v) is 2.72. The number of nitrogens with one attached hydrogen (secondary N) is 1. The lowest BCUT2D eigenvalue weighted by Gasteiger charge is -2.14. The van der Waals surface area contributed by atoms with Crippen LogP contribution in [0.5, 0.6) is 0 Å². The molecule has 0 bridgehead atoms. The van der Waals surface area contributed by atoms with Gasteiger partial charge < -0.3 is 10.4 Å². The Balaban J connectivity index is 2.57. The average molecular weight is 225 g/mol. The lowest BCUT2D eigenvalue weighted by atomic mass is 10.1. The first-order chi connectivity index (χ1) is 7.43. The molecule has 0 radical (unpaired) electrons.